The van der Waals surface area contributed by atoms with Crippen LogP contribution < -0.4 is 10.6 Å². The number of rotatable bonds is 5. The zero-order valence-electron chi connectivity index (χ0n) is 16.8. The topological polar surface area (TPSA) is 109 Å². The summed E-state index contributed by atoms with van der Waals surface area (Å²) in [6.45, 7) is 4.74. The molecular weight excluding hydrogens is 386 g/mol. The summed E-state index contributed by atoms with van der Waals surface area (Å²) in [6.07, 6.45) is 1.42. The molecule has 9 nitrogen and oxygen atoms in total. The number of aryl methyl sites for hydroxylation is 1. The number of amides is 4. The van der Waals surface area contributed by atoms with Gasteiger partial charge >= 0.3 is 6.03 Å². The lowest BCUT2D eigenvalue weighted by molar-refractivity contribution is -0.134. The van der Waals surface area contributed by atoms with Crippen LogP contribution in [0.1, 0.15) is 24.1 Å². The van der Waals surface area contributed by atoms with E-state index in [1.807, 2.05) is 37.3 Å². The fraction of sp³-hybridized carbons (Fsp3) is 0.238. The summed E-state index contributed by atoms with van der Waals surface area (Å²) in [7, 11) is 0. The predicted molar refractivity (Wildman–Crippen MR) is 108 cm³/mol. The van der Waals surface area contributed by atoms with Crippen molar-refractivity contribution in [1.82, 2.24) is 20.0 Å². The number of aromatic nitrogens is 2. The van der Waals surface area contributed by atoms with Gasteiger partial charge in [0.1, 0.15) is 12.3 Å². The highest BCUT2D eigenvalue weighted by Crippen LogP contribution is 2.29. The Balaban J connectivity index is 1.51. The third kappa shape index (κ3) is 3.14. The Hall–Kier alpha value is -3.88. The van der Waals surface area contributed by atoms with E-state index in [1.54, 1.807) is 30.7 Å². The van der Waals surface area contributed by atoms with Crippen LogP contribution in [0.25, 0.3) is 5.69 Å². The lowest BCUT2D eigenvalue weighted by atomic mass is 9.99. The van der Waals surface area contributed by atoms with E-state index in [1.165, 1.54) is 6.26 Å². The second kappa shape index (κ2) is 7.18. The molecule has 9 heteroatoms. The van der Waals surface area contributed by atoms with Gasteiger partial charge in [0.25, 0.3) is 5.91 Å². The highest BCUT2D eigenvalue weighted by molar-refractivity contribution is 6.10. The predicted octanol–water partition coefficient (Wildman–Crippen LogP) is 2.49. The first-order chi connectivity index (χ1) is 14.3. The summed E-state index contributed by atoms with van der Waals surface area (Å²) in [4.78, 5) is 38.7. The van der Waals surface area contributed by atoms with Crippen molar-refractivity contribution in [3.63, 3.8) is 0 Å². The van der Waals surface area contributed by atoms with Gasteiger partial charge in [0, 0.05) is 0 Å². The molecule has 30 heavy (non-hydrogen) atoms. The largest absolute Gasteiger partial charge is 0.466 e. The summed E-state index contributed by atoms with van der Waals surface area (Å²) in [5.41, 5.74) is 1.43. The van der Waals surface area contributed by atoms with E-state index in [2.05, 4.69) is 15.7 Å². The number of nitrogens with zero attached hydrogens (tertiary/aromatic N) is 3. The Labute approximate surface area is 172 Å². The molecule has 154 valence electrons. The maximum absolute atomic E-state index is 12.8. The van der Waals surface area contributed by atoms with E-state index in [9.17, 15) is 14.4 Å². The maximum Gasteiger partial charge on any atom is 0.325 e. The minimum atomic E-state index is -1.34. The van der Waals surface area contributed by atoms with Crippen molar-refractivity contribution in [2.24, 2.45) is 0 Å². The maximum atomic E-state index is 12.8. The van der Waals surface area contributed by atoms with Gasteiger partial charge in [-0.05, 0) is 45.0 Å². The van der Waals surface area contributed by atoms with E-state index in [0.29, 0.717) is 17.1 Å². The lowest BCUT2D eigenvalue weighted by Gasteiger charge is -2.18. The number of imide groups is 1. The molecule has 0 saturated carbocycles. The van der Waals surface area contributed by atoms with E-state index in [0.717, 1.165) is 16.3 Å². The first-order valence-electron chi connectivity index (χ1n) is 9.41. The van der Waals surface area contributed by atoms with Crippen LogP contribution in [0.2, 0.25) is 0 Å². The number of hydrogen-bond donors (Lipinski definition) is 2. The summed E-state index contributed by atoms with van der Waals surface area (Å²) in [5.74, 6) is -0.744. The average Bonchev–Trinajstić information content (AvgIpc) is 3.41. The van der Waals surface area contributed by atoms with Gasteiger partial charge in [-0.25, -0.2) is 9.48 Å². The van der Waals surface area contributed by atoms with Gasteiger partial charge in [-0.15, -0.1) is 0 Å². The van der Waals surface area contributed by atoms with Crippen molar-refractivity contribution in [2.45, 2.75) is 26.3 Å². The zero-order chi connectivity index (χ0) is 21.5. The van der Waals surface area contributed by atoms with Gasteiger partial charge in [-0.3, -0.25) is 14.5 Å². The molecule has 1 aliphatic rings. The van der Waals surface area contributed by atoms with Gasteiger partial charge in [-0.1, -0.05) is 18.2 Å². The van der Waals surface area contributed by atoms with E-state index < -0.39 is 29.9 Å². The van der Waals surface area contributed by atoms with Gasteiger partial charge in [-0.2, -0.15) is 5.10 Å². The van der Waals surface area contributed by atoms with Crippen molar-refractivity contribution in [2.75, 3.05) is 11.9 Å². The van der Waals surface area contributed by atoms with Gasteiger partial charge in [0.05, 0.1) is 29.0 Å². The van der Waals surface area contributed by atoms with Crippen molar-refractivity contribution in [1.29, 1.82) is 0 Å². The van der Waals surface area contributed by atoms with Crippen molar-refractivity contribution >= 4 is 23.5 Å². The Morgan fingerprint density at radius 3 is 2.57 bits per heavy atom. The molecule has 0 aliphatic carbocycles. The van der Waals surface area contributed by atoms with Crippen LogP contribution in [0.3, 0.4) is 0 Å². The monoisotopic (exact) mass is 407 g/mol. The minimum Gasteiger partial charge on any atom is -0.466 e. The van der Waals surface area contributed by atoms with E-state index in [4.69, 9.17) is 4.42 Å². The van der Waals surface area contributed by atoms with Gasteiger partial charge < -0.3 is 15.1 Å². The van der Waals surface area contributed by atoms with Crippen LogP contribution in [0.15, 0.2) is 53.1 Å². The van der Waals surface area contributed by atoms with Crippen LogP contribution in [-0.2, 0) is 15.1 Å². The number of carbonyl (C=O) groups excluding carboxylic acids is 3. The smallest absolute Gasteiger partial charge is 0.325 e. The van der Waals surface area contributed by atoms with Crippen LogP contribution in [0.4, 0.5) is 10.5 Å². The van der Waals surface area contributed by atoms with E-state index >= 15 is 0 Å². The molecule has 1 aromatic carbocycles. The first kappa shape index (κ1) is 19.4. The van der Waals surface area contributed by atoms with Gasteiger partial charge in [0.2, 0.25) is 5.91 Å². The number of furan rings is 1. The Kier molecular flexibility index (Phi) is 4.65. The highest BCUT2D eigenvalue weighted by atomic mass is 16.3. The van der Waals surface area contributed by atoms with Crippen molar-refractivity contribution < 1.29 is 18.8 Å². The lowest BCUT2D eigenvalue weighted by Crippen LogP contribution is -2.41. The summed E-state index contributed by atoms with van der Waals surface area (Å²) >= 11 is 0. The summed E-state index contributed by atoms with van der Waals surface area (Å²) < 4.78 is 7.02. The normalized spacial score (nSPS) is 18.6. The van der Waals surface area contributed by atoms with E-state index in [-0.39, 0.29) is 0 Å². The average molecular weight is 407 g/mol. The Bertz CT molecular complexity index is 1120. The fourth-order valence-corrected chi connectivity index (χ4v) is 3.54. The molecule has 1 atom stereocenters. The molecule has 1 fully saturated rings. The molecule has 3 aromatic rings. The third-order valence-electron chi connectivity index (χ3n) is 5.15. The summed E-state index contributed by atoms with van der Waals surface area (Å²) in [5, 5.41) is 9.86. The number of benzene rings is 1. The number of anilines is 1. The molecule has 2 aromatic heterocycles. The third-order valence-corrected chi connectivity index (χ3v) is 5.15. The molecule has 4 rings (SSSR count). The quantitative estimate of drug-likeness (QED) is 0.632. The number of hydrogen-bond acceptors (Lipinski definition) is 5. The van der Waals surface area contributed by atoms with Crippen molar-refractivity contribution in [3.8, 4) is 5.69 Å². The molecule has 1 saturated heterocycles. The fourth-order valence-electron chi connectivity index (χ4n) is 3.54. The molecular formula is C21H21N5O4. The molecule has 0 radical (unpaired) electrons. The molecule has 1 unspecified atom stereocenters. The minimum absolute atomic E-state index is 0.305. The number of nitrogens with one attached hydrogen (secondary N) is 2. The second-order valence-electron chi connectivity index (χ2n) is 7.27. The SMILES string of the molecule is Cc1nn(-c2ccccc2)c(C)c1NC(=O)CN1C(=O)NC(C)(c2ccco2)C1=O. The Morgan fingerprint density at radius 2 is 1.90 bits per heavy atom. The molecule has 0 bridgehead atoms. The van der Waals surface area contributed by atoms with Gasteiger partial charge in [0.15, 0.2) is 5.54 Å². The molecule has 3 heterocycles. The number of carbonyl (C=O) groups is 3. The number of urea groups is 1. The standard InChI is InChI=1S/C21H21N5O4/c1-13-18(14(2)26(24-13)15-8-5-4-6-9-15)22-17(27)12-25-19(28)21(3,23-20(25)29)16-10-7-11-30-16/h4-11H,12H2,1-3H3,(H,22,27)(H,23,29). The summed E-state index contributed by atoms with van der Waals surface area (Å²) in [6, 6.07) is 12.1. The van der Waals surface area contributed by atoms with Crippen LogP contribution in [0.5, 0.6) is 0 Å². The first-order valence-corrected chi connectivity index (χ1v) is 9.41. The highest BCUT2D eigenvalue weighted by Gasteiger charge is 2.51. The molecule has 2 N–H and O–H groups in total. The second-order valence-corrected chi connectivity index (χ2v) is 7.27. The zero-order valence-corrected chi connectivity index (χ0v) is 16.8. The van der Waals surface area contributed by atoms with Crippen LogP contribution in [-0.4, -0.2) is 39.1 Å². The molecule has 4 amide bonds. The van der Waals surface area contributed by atoms with Crippen LogP contribution >= 0.6 is 0 Å². The number of para-hydroxylation sites is 1. The van der Waals surface area contributed by atoms with Crippen LogP contribution in [0, 0.1) is 13.8 Å². The van der Waals surface area contributed by atoms with Crippen molar-refractivity contribution in [3.05, 3.63) is 65.9 Å². The Morgan fingerprint density at radius 1 is 1.17 bits per heavy atom. The molecule has 0 spiro atoms. The molecule has 1 aliphatic heterocycles.